The van der Waals surface area contributed by atoms with E-state index in [9.17, 15) is 29.1 Å². The Kier molecular flexibility index (Phi) is 9.34. The molecule has 3 aromatic rings. The first-order chi connectivity index (χ1) is 19.6. The van der Waals surface area contributed by atoms with E-state index < -0.39 is 60.2 Å². The molecule has 1 saturated heterocycles. The molecular weight excluding hydrogens is 534 g/mol. The molecule has 2 aromatic heterocycles. The first-order valence-electron chi connectivity index (χ1n) is 13.3. The number of aromatic nitrogens is 3. The third kappa shape index (κ3) is 7.28. The lowest BCUT2D eigenvalue weighted by atomic mass is 10.0. The second-order valence-corrected chi connectivity index (χ2v) is 10.0. The Morgan fingerprint density at radius 3 is 2.56 bits per heavy atom. The van der Waals surface area contributed by atoms with Gasteiger partial charge in [0.15, 0.2) is 0 Å². The Bertz CT molecular complexity index is 1400. The van der Waals surface area contributed by atoms with Crippen molar-refractivity contribution in [1.82, 2.24) is 30.5 Å². The number of aliphatic carboxylic acids is 2. The van der Waals surface area contributed by atoms with Crippen LogP contribution < -0.4 is 16.4 Å². The first-order valence-corrected chi connectivity index (χ1v) is 13.3. The zero-order chi connectivity index (χ0) is 29.5. The standard InChI is InChI=1S/C27H33N7O7/c28-18(11-16-13-29-14-31-16)24(37)33-21(10-15-12-30-19-5-2-1-4-17(15)19)26(39)34-9-3-6-22(34)25(38)32-20(27(40)41)7-8-23(35)36/h1-2,4-5,12-14,18,20-22,30H,3,6-11,28H2,(H,29,31)(H,32,38)(H,33,37)(H,35,36)(H,40,41). The highest BCUT2D eigenvalue weighted by atomic mass is 16.4. The number of H-pyrrole nitrogens is 2. The third-order valence-corrected chi connectivity index (χ3v) is 7.14. The van der Waals surface area contributed by atoms with Crippen LogP contribution in [-0.2, 0) is 36.8 Å². The molecule has 218 valence electrons. The van der Waals surface area contributed by atoms with Crippen LogP contribution in [0.2, 0.25) is 0 Å². The smallest absolute Gasteiger partial charge is 0.326 e. The van der Waals surface area contributed by atoms with E-state index in [4.69, 9.17) is 10.8 Å². The Labute approximate surface area is 234 Å². The average molecular weight is 568 g/mol. The van der Waals surface area contributed by atoms with E-state index in [1.807, 2.05) is 24.3 Å². The van der Waals surface area contributed by atoms with Crippen molar-refractivity contribution in [2.45, 2.75) is 62.7 Å². The van der Waals surface area contributed by atoms with Crippen LogP contribution in [-0.4, -0.2) is 90.4 Å². The molecule has 14 nitrogen and oxygen atoms in total. The number of nitrogens with zero attached hydrogens (tertiary/aromatic N) is 2. The maximum Gasteiger partial charge on any atom is 0.326 e. The van der Waals surface area contributed by atoms with Crippen molar-refractivity contribution in [2.24, 2.45) is 5.73 Å². The number of benzene rings is 1. The minimum absolute atomic E-state index is 0.118. The lowest BCUT2D eigenvalue weighted by Gasteiger charge is -2.30. The van der Waals surface area contributed by atoms with Crippen LogP contribution in [0.4, 0.5) is 0 Å². The Morgan fingerprint density at radius 1 is 1.07 bits per heavy atom. The molecule has 41 heavy (non-hydrogen) atoms. The molecule has 3 heterocycles. The molecule has 0 radical (unpaired) electrons. The highest BCUT2D eigenvalue weighted by molar-refractivity contribution is 5.95. The average Bonchev–Trinajstić information content (AvgIpc) is 3.71. The molecule has 14 heteroatoms. The van der Waals surface area contributed by atoms with E-state index in [0.717, 1.165) is 16.5 Å². The van der Waals surface area contributed by atoms with Crippen molar-refractivity contribution in [3.8, 4) is 0 Å². The molecule has 1 fully saturated rings. The summed E-state index contributed by atoms with van der Waals surface area (Å²) in [7, 11) is 0. The summed E-state index contributed by atoms with van der Waals surface area (Å²) in [5, 5.41) is 24.4. The largest absolute Gasteiger partial charge is 0.481 e. The Balaban J connectivity index is 1.53. The number of aromatic amines is 2. The summed E-state index contributed by atoms with van der Waals surface area (Å²) in [5.41, 5.74) is 8.42. The maximum atomic E-state index is 13.9. The molecule has 4 rings (SSSR count). The number of nitrogens with two attached hydrogens (primary N) is 1. The van der Waals surface area contributed by atoms with Crippen LogP contribution in [0, 0.1) is 0 Å². The van der Waals surface area contributed by atoms with Gasteiger partial charge in [0.25, 0.3) is 0 Å². The molecule has 8 N–H and O–H groups in total. The number of fused-ring (bicyclic) bond motifs is 1. The molecule has 0 bridgehead atoms. The summed E-state index contributed by atoms with van der Waals surface area (Å²) >= 11 is 0. The van der Waals surface area contributed by atoms with Gasteiger partial charge in [0.1, 0.15) is 18.1 Å². The Hall–Kier alpha value is -4.72. The van der Waals surface area contributed by atoms with Crippen LogP contribution in [0.5, 0.6) is 0 Å². The van der Waals surface area contributed by atoms with Gasteiger partial charge in [-0.05, 0) is 30.9 Å². The molecule has 0 saturated carbocycles. The number of hydrogen-bond acceptors (Lipinski definition) is 7. The van der Waals surface area contributed by atoms with Crippen molar-refractivity contribution < 1.29 is 34.2 Å². The molecule has 1 aliphatic rings. The van der Waals surface area contributed by atoms with Gasteiger partial charge < -0.3 is 41.4 Å². The summed E-state index contributed by atoms with van der Waals surface area (Å²) in [5.74, 6) is -4.32. The minimum Gasteiger partial charge on any atom is -0.481 e. The van der Waals surface area contributed by atoms with Gasteiger partial charge in [0, 0.05) is 54.8 Å². The summed E-state index contributed by atoms with van der Waals surface area (Å²) in [6.07, 6.45) is 5.10. The molecular formula is C27H33N7O7. The van der Waals surface area contributed by atoms with Gasteiger partial charge in [-0.2, -0.15) is 0 Å². The first kappa shape index (κ1) is 29.3. The number of carboxylic acid groups (broad SMARTS) is 2. The van der Waals surface area contributed by atoms with Crippen molar-refractivity contribution in [1.29, 1.82) is 0 Å². The van der Waals surface area contributed by atoms with Gasteiger partial charge in [-0.15, -0.1) is 0 Å². The summed E-state index contributed by atoms with van der Waals surface area (Å²) < 4.78 is 0. The van der Waals surface area contributed by atoms with Crippen molar-refractivity contribution >= 4 is 40.6 Å². The fourth-order valence-electron chi connectivity index (χ4n) is 5.02. The van der Waals surface area contributed by atoms with Gasteiger partial charge in [-0.25, -0.2) is 9.78 Å². The van der Waals surface area contributed by atoms with E-state index in [-0.39, 0.29) is 32.2 Å². The zero-order valence-corrected chi connectivity index (χ0v) is 22.2. The van der Waals surface area contributed by atoms with E-state index in [0.29, 0.717) is 12.1 Å². The SMILES string of the molecule is NC(Cc1cnc[nH]1)C(=O)NC(Cc1c[nH]c2ccccc12)C(=O)N1CCCC1C(=O)NC(CCC(=O)O)C(=O)O. The summed E-state index contributed by atoms with van der Waals surface area (Å²) in [6.45, 7) is 0.226. The monoisotopic (exact) mass is 567 g/mol. The molecule has 1 aliphatic heterocycles. The number of hydrogen-bond donors (Lipinski definition) is 7. The predicted octanol–water partition coefficient (Wildman–Crippen LogP) is -0.0865. The molecule has 4 atom stereocenters. The number of nitrogens with one attached hydrogen (secondary N) is 4. The number of amides is 3. The number of carbonyl (C=O) groups excluding carboxylic acids is 3. The summed E-state index contributed by atoms with van der Waals surface area (Å²) in [4.78, 5) is 73.9. The predicted molar refractivity (Wildman–Crippen MR) is 145 cm³/mol. The van der Waals surface area contributed by atoms with Gasteiger partial charge in [-0.3, -0.25) is 19.2 Å². The fraction of sp³-hybridized carbons (Fsp3) is 0.407. The highest BCUT2D eigenvalue weighted by Gasteiger charge is 2.39. The van der Waals surface area contributed by atoms with Crippen LogP contribution >= 0.6 is 0 Å². The second kappa shape index (κ2) is 13.1. The van der Waals surface area contributed by atoms with E-state index in [1.165, 1.54) is 11.2 Å². The zero-order valence-electron chi connectivity index (χ0n) is 22.2. The third-order valence-electron chi connectivity index (χ3n) is 7.14. The molecule has 3 amide bonds. The number of rotatable bonds is 13. The number of imidazole rings is 1. The van der Waals surface area contributed by atoms with Crippen LogP contribution in [0.25, 0.3) is 10.9 Å². The lowest BCUT2D eigenvalue weighted by molar-refractivity contribution is -0.145. The quantitative estimate of drug-likeness (QED) is 0.146. The normalized spacial score (nSPS) is 17.1. The van der Waals surface area contributed by atoms with E-state index >= 15 is 0 Å². The van der Waals surface area contributed by atoms with Gasteiger partial charge in [-0.1, -0.05) is 18.2 Å². The number of para-hydroxylation sites is 1. The van der Waals surface area contributed by atoms with Crippen LogP contribution in [0.15, 0.2) is 43.0 Å². The number of carbonyl (C=O) groups is 5. The highest BCUT2D eigenvalue weighted by Crippen LogP contribution is 2.23. The van der Waals surface area contributed by atoms with Crippen LogP contribution in [0.1, 0.15) is 36.9 Å². The number of likely N-dealkylation sites (tertiary alicyclic amines) is 1. The lowest BCUT2D eigenvalue weighted by Crippen LogP contribution is -2.57. The van der Waals surface area contributed by atoms with Gasteiger partial charge in [0.2, 0.25) is 17.7 Å². The van der Waals surface area contributed by atoms with Gasteiger partial charge in [0.05, 0.1) is 12.4 Å². The molecule has 0 aliphatic carbocycles. The number of carboxylic acids is 2. The van der Waals surface area contributed by atoms with Crippen molar-refractivity contribution in [3.63, 3.8) is 0 Å². The second-order valence-electron chi connectivity index (χ2n) is 10.0. The van der Waals surface area contributed by atoms with Gasteiger partial charge >= 0.3 is 11.9 Å². The molecule has 0 spiro atoms. The molecule has 1 aromatic carbocycles. The van der Waals surface area contributed by atoms with E-state index in [2.05, 4.69) is 25.6 Å². The topological polar surface area (TPSA) is 224 Å². The summed E-state index contributed by atoms with van der Waals surface area (Å²) in [6, 6.07) is 3.08. The maximum absolute atomic E-state index is 13.9. The Morgan fingerprint density at radius 2 is 1.85 bits per heavy atom. The van der Waals surface area contributed by atoms with Crippen LogP contribution in [0.3, 0.4) is 0 Å². The van der Waals surface area contributed by atoms with Crippen molar-refractivity contribution in [3.05, 3.63) is 54.2 Å². The fourth-order valence-corrected chi connectivity index (χ4v) is 5.02. The van der Waals surface area contributed by atoms with E-state index in [1.54, 1.807) is 12.4 Å². The molecule has 4 unspecified atom stereocenters. The van der Waals surface area contributed by atoms with Crippen molar-refractivity contribution in [2.75, 3.05) is 6.54 Å². The minimum atomic E-state index is -1.42.